The largest absolute Gasteiger partial charge is 0.491 e. The van der Waals surface area contributed by atoms with Gasteiger partial charge in [0.15, 0.2) is 0 Å². The number of carbonyl (C=O) groups is 1. The number of hydrogen-bond acceptors (Lipinski definition) is 13. The van der Waals surface area contributed by atoms with Crippen molar-refractivity contribution < 1.29 is 61.6 Å². The SMILES string of the molecule is CC(C)(C)OC(=O)COCCOCCOCCOCCOCCOCCOCCOCCOCCOCCOc1ccccc1. The summed E-state index contributed by atoms with van der Waals surface area (Å²) in [6, 6.07) is 9.66. The minimum Gasteiger partial charge on any atom is -0.491 e. The number of esters is 1. The normalized spacial score (nSPS) is 11.6. The Balaban J connectivity index is 1.64. The van der Waals surface area contributed by atoms with Crippen LogP contribution in [-0.2, 0) is 56.9 Å². The molecule has 0 aliphatic carbocycles. The fourth-order valence-corrected chi connectivity index (χ4v) is 3.24. The van der Waals surface area contributed by atoms with E-state index in [4.69, 9.17) is 56.8 Å². The van der Waals surface area contributed by atoms with Crippen LogP contribution >= 0.6 is 0 Å². The maximum atomic E-state index is 11.5. The van der Waals surface area contributed by atoms with Gasteiger partial charge in [-0.15, -0.1) is 0 Å². The zero-order valence-electron chi connectivity index (χ0n) is 27.5. The Morgan fingerprint density at radius 3 is 1.04 bits per heavy atom. The van der Waals surface area contributed by atoms with Gasteiger partial charge in [-0.05, 0) is 32.9 Å². The van der Waals surface area contributed by atoms with Crippen molar-refractivity contribution in [1.29, 1.82) is 0 Å². The van der Waals surface area contributed by atoms with Crippen LogP contribution in [0.15, 0.2) is 30.3 Å². The summed E-state index contributed by atoms with van der Waals surface area (Å²) in [4.78, 5) is 11.5. The van der Waals surface area contributed by atoms with Crippen LogP contribution in [-0.4, -0.2) is 150 Å². The molecule has 1 rings (SSSR count). The highest BCUT2D eigenvalue weighted by Gasteiger charge is 2.15. The highest BCUT2D eigenvalue weighted by atomic mass is 16.6. The molecule has 1 aromatic rings. The minimum atomic E-state index is -0.510. The van der Waals surface area contributed by atoms with Gasteiger partial charge < -0.3 is 56.8 Å². The quantitative estimate of drug-likeness (QED) is 0.0819. The predicted octanol–water partition coefficient (Wildman–Crippen LogP) is 2.57. The molecular weight excluding hydrogens is 592 g/mol. The van der Waals surface area contributed by atoms with Crippen molar-refractivity contribution in [1.82, 2.24) is 0 Å². The van der Waals surface area contributed by atoms with Crippen LogP contribution in [0.25, 0.3) is 0 Å². The monoisotopic (exact) mass is 648 g/mol. The van der Waals surface area contributed by atoms with Gasteiger partial charge in [0.05, 0.1) is 126 Å². The van der Waals surface area contributed by atoms with E-state index in [1.807, 2.05) is 51.1 Å². The van der Waals surface area contributed by atoms with Crippen molar-refractivity contribution in [3.63, 3.8) is 0 Å². The molecule has 0 unspecified atom stereocenters. The van der Waals surface area contributed by atoms with Crippen molar-refractivity contribution >= 4 is 5.97 Å². The average molecular weight is 649 g/mol. The molecule has 0 atom stereocenters. The topological polar surface area (TPSA) is 128 Å². The lowest BCUT2D eigenvalue weighted by molar-refractivity contribution is -0.160. The molecule has 0 bridgehead atoms. The first-order valence-corrected chi connectivity index (χ1v) is 15.6. The van der Waals surface area contributed by atoms with Crippen molar-refractivity contribution in [2.75, 3.05) is 139 Å². The third-order valence-corrected chi connectivity index (χ3v) is 5.23. The van der Waals surface area contributed by atoms with Crippen LogP contribution in [0.2, 0.25) is 0 Å². The second-order valence-electron chi connectivity index (χ2n) is 10.3. The summed E-state index contributed by atoms with van der Waals surface area (Å²) in [6.45, 7) is 15.0. The molecule has 0 heterocycles. The van der Waals surface area contributed by atoms with Crippen LogP contribution in [0.1, 0.15) is 20.8 Å². The molecule has 13 nitrogen and oxygen atoms in total. The first-order chi connectivity index (χ1) is 22.0. The zero-order valence-corrected chi connectivity index (χ0v) is 27.5. The maximum absolute atomic E-state index is 11.5. The number of para-hydroxylation sites is 1. The molecule has 0 aromatic heterocycles. The second kappa shape index (κ2) is 30.7. The van der Waals surface area contributed by atoms with E-state index < -0.39 is 5.60 Å². The molecule has 0 aliphatic rings. The summed E-state index contributed by atoms with van der Waals surface area (Å²) in [6.07, 6.45) is 0. The van der Waals surface area contributed by atoms with Gasteiger partial charge in [0.1, 0.15) is 24.6 Å². The van der Waals surface area contributed by atoms with Crippen molar-refractivity contribution in [3.05, 3.63) is 30.3 Å². The molecule has 45 heavy (non-hydrogen) atoms. The molecule has 0 saturated carbocycles. The average Bonchev–Trinajstić information content (AvgIpc) is 3.01. The fraction of sp³-hybridized carbons (Fsp3) is 0.781. The van der Waals surface area contributed by atoms with Gasteiger partial charge in [-0.1, -0.05) is 18.2 Å². The van der Waals surface area contributed by atoms with E-state index in [0.29, 0.717) is 132 Å². The highest BCUT2D eigenvalue weighted by Crippen LogP contribution is 2.08. The Hall–Kier alpha value is -1.91. The Labute approximate surface area is 268 Å². The summed E-state index contributed by atoms with van der Waals surface area (Å²) in [5.74, 6) is 0.454. The summed E-state index contributed by atoms with van der Waals surface area (Å²) >= 11 is 0. The van der Waals surface area contributed by atoms with Gasteiger partial charge in [-0.25, -0.2) is 4.79 Å². The fourth-order valence-electron chi connectivity index (χ4n) is 3.24. The van der Waals surface area contributed by atoms with E-state index in [-0.39, 0.29) is 12.6 Å². The van der Waals surface area contributed by atoms with Gasteiger partial charge >= 0.3 is 5.97 Å². The summed E-state index contributed by atoms with van der Waals surface area (Å²) in [5.41, 5.74) is -0.510. The molecule has 0 fully saturated rings. The lowest BCUT2D eigenvalue weighted by Crippen LogP contribution is -2.27. The second-order valence-corrected chi connectivity index (χ2v) is 10.3. The van der Waals surface area contributed by atoms with Crippen molar-refractivity contribution in [2.45, 2.75) is 26.4 Å². The summed E-state index contributed by atoms with van der Waals surface area (Å²) in [7, 11) is 0. The number of rotatable bonds is 33. The Bertz CT molecular complexity index is 761. The van der Waals surface area contributed by atoms with E-state index in [9.17, 15) is 4.79 Å². The van der Waals surface area contributed by atoms with Crippen LogP contribution < -0.4 is 4.74 Å². The van der Waals surface area contributed by atoms with E-state index in [0.717, 1.165) is 5.75 Å². The minimum absolute atomic E-state index is 0.0826. The number of ether oxygens (including phenoxy) is 12. The third kappa shape index (κ3) is 31.8. The highest BCUT2D eigenvalue weighted by molar-refractivity contribution is 5.71. The van der Waals surface area contributed by atoms with Crippen LogP contribution in [0.5, 0.6) is 5.75 Å². The van der Waals surface area contributed by atoms with E-state index in [2.05, 4.69) is 0 Å². The Morgan fingerprint density at radius 2 is 0.733 bits per heavy atom. The number of carbonyl (C=O) groups excluding carboxylic acids is 1. The lowest BCUT2D eigenvalue weighted by Gasteiger charge is -2.19. The lowest BCUT2D eigenvalue weighted by atomic mass is 10.2. The van der Waals surface area contributed by atoms with Crippen LogP contribution in [0.3, 0.4) is 0 Å². The molecule has 0 aliphatic heterocycles. The molecule has 13 heteroatoms. The van der Waals surface area contributed by atoms with Gasteiger partial charge in [-0.3, -0.25) is 0 Å². The standard InChI is InChI=1S/C32H56O13/c1-32(2,3)45-31(33)29-43-26-25-41-22-21-39-18-17-37-14-13-35-10-9-34-11-12-36-15-16-38-19-20-40-23-24-42-27-28-44-30-7-5-4-6-8-30/h4-8H,9-29H2,1-3H3. The molecule has 262 valence electrons. The van der Waals surface area contributed by atoms with Gasteiger partial charge in [0, 0.05) is 0 Å². The van der Waals surface area contributed by atoms with Crippen molar-refractivity contribution in [3.8, 4) is 5.75 Å². The number of benzene rings is 1. The van der Waals surface area contributed by atoms with Crippen LogP contribution in [0, 0.1) is 0 Å². The van der Waals surface area contributed by atoms with E-state index in [1.165, 1.54) is 0 Å². The molecule has 0 saturated heterocycles. The zero-order chi connectivity index (χ0) is 32.5. The molecule has 0 spiro atoms. The maximum Gasteiger partial charge on any atom is 0.332 e. The first kappa shape index (κ1) is 41.1. The Kier molecular flexibility index (Phi) is 28.1. The van der Waals surface area contributed by atoms with E-state index in [1.54, 1.807) is 0 Å². The molecular formula is C32H56O13. The number of hydrogen-bond donors (Lipinski definition) is 0. The van der Waals surface area contributed by atoms with Crippen LogP contribution in [0.4, 0.5) is 0 Å². The van der Waals surface area contributed by atoms with Crippen molar-refractivity contribution in [2.24, 2.45) is 0 Å². The summed E-state index contributed by atoms with van der Waals surface area (Å²) in [5, 5.41) is 0. The summed E-state index contributed by atoms with van der Waals surface area (Å²) < 4.78 is 65.0. The molecule has 0 radical (unpaired) electrons. The van der Waals surface area contributed by atoms with E-state index >= 15 is 0 Å². The predicted molar refractivity (Wildman–Crippen MR) is 166 cm³/mol. The van der Waals surface area contributed by atoms with Gasteiger partial charge in [0.2, 0.25) is 0 Å². The third-order valence-electron chi connectivity index (χ3n) is 5.23. The molecule has 0 amide bonds. The molecule has 0 N–H and O–H groups in total. The van der Waals surface area contributed by atoms with Gasteiger partial charge in [-0.2, -0.15) is 0 Å². The van der Waals surface area contributed by atoms with Gasteiger partial charge in [0.25, 0.3) is 0 Å². The molecule has 1 aromatic carbocycles. The smallest absolute Gasteiger partial charge is 0.332 e. The first-order valence-electron chi connectivity index (χ1n) is 15.6. The Morgan fingerprint density at radius 1 is 0.444 bits per heavy atom.